The summed E-state index contributed by atoms with van der Waals surface area (Å²) < 4.78 is 32.7. The van der Waals surface area contributed by atoms with E-state index in [0.29, 0.717) is 16.3 Å². The molecular formula is C18H17ClN4O4S2. The summed E-state index contributed by atoms with van der Waals surface area (Å²) in [6.45, 7) is 1.81. The van der Waals surface area contributed by atoms with Crippen molar-refractivity contribution in [2.75, 3.05) is 11.9 Å². The maximum absolute atomic E-state index is 12.5. The van der Waals surface area contributed by atoms with Crippen molar-refractivity contribution in [1.82, 2.24) is 14.9 Å². The molecule has 0 unspecified atom stereocenters. The number of hydrogen-bond acceptors (Lipinski definition) is 7. The minimum Gasteiger partial charge on any atom is -0.492 e. The Bertz CT molecular complexity index is 1070. The number of amides is 1. The molecule has 2 N–H and O–H groups in total. The third kappa shape index (κ3) is 5.97. The molecule has 0 fully saturated rings. The highest BCUT2D eigenvalue weighted by molar-refractivity contribution is 7.91. The van der Waals surface area contributed by atoms with Crippen LogP contribution in [0.5, 0.6) is 5.75 Å². The first-order chi connectivity index (χ1) is 13.8. The van der Waals surface area contributed by atoms with Gasteiger partial charge in [0.15, 0.2) is 0 Å². The number of benzene rings is 2. The van der Waals surface area contributed by atoms with Crippen molar-refractivity contribution >= 4 is 44.0 Å². The number of nitrogens with zero attached hydrogens (tertiary/aromatic N) is 2. The lowest BCUT2D eigenvalue weighted by atomic mass is 10.2. The first kappa shape index (κ1) is 21.2. The Morgan fingerprint density at radius 3 is 2.52 bits per heavy atom. The number of carbonyl (C=O) groups is 1. The zero-order valence-corrected chi connectivity index (χ0v) is 17.6. The van der Waals surface area contributed by atoms with E-state index in [-0.39, 0.29) is 16.1 Å². The topological polar surface area (TPSA) is 110 Å². The molecule has 1 heterocycles. The predicted octanol–water partition coefficient (Wildman–Crippen LogP) is 3.19. The first-order valence-electron chi connectivity index (χ1n) is 8.44. The number of hydrogen-bond donors (Lipinski definition) is 2. The summed E-state index contributed by atoms with van der Waals surface area (Å²) in [5.41, 5.74) is 0.360. The van der Waals surface area contributed by atoms with Gasteiger partial charge in [-0.05, 0) is 43.3 Å². The second kappa shape index (κ2) is 9.31. The molecule has 8 nitrogen and oxygen atoms in total. The molecule has 0 aliphatic carbocycles. The minimum absolute atomic E-state index is 0.0681. The first-order valence-corrected chi connectivity index (χ1v) is 11.1. The van der Waals surface area contributed by atoms with Crippen molar-refractivity contribution in [3.05, 3.63) is 65.2 Å². The van der Waals surface area contributed by atoms with E-state index in [9.17, 15) is 13.2 Å². The highest BCUT2D eigenvalue weighted by Gasteiger charge is 2.23. The van der Waals surface area contributed by atoms with Crippen LogP contribution in [0.3, 0.4) is 0 Å². The van der Waals surface area contributed by atoms with Crippen molar-refractivity contribution < 1.29 is 17.9 Å². The van der Waals surface area contributed by atoms with Gasteiger partial charge in [-0.15, -0.1) is 10.2 Å². The van der Waals surface area contributed by atoms with Gasteiger partial charge in [-0.1, -0.05) is 41.1 Å². The molecule has 29 heavy (non-hydrogen) atoms. The molecule has 1 amide bonds. The van der Waals surface area contributed by atoms with Crippen LogP contribution in [0.25, 0.3) is 0 Å². The number of aromatic nitrogens is 2. The maximum Gasteiger partial charge on any atom is 0.270 e. The quantitative estimate of drug-likeness (QED) is 0.508. The number of ether oxygens (including phenoxy) is 1. The number of nitrogens with one attached hydrogen (secondary N) is 2. The van der Waals surface area contributed by atoms with Crippen LogP contribution in [0.2, 0.25) is 5.02 Å². The fourth-order valence-corrected chi connectivity index (χ4v) is 4.49. The van der Waals surface area contributed by atoms with Gasteiger partial charge in [0.25, 0.3) is 15.9 Å². The van der Waals surface area contributed by atoms with Gasteiger partial charge in [-0.2, -0.15) is 0 Å². The van der Waals surface area contributed by atoms with E-state index < -0.39 is 22.0 Å². The molecule has 0 spiro atoms. The Morgan fingerprint density at radius 2 is 1.83 bits per heavy atom. The van der Waals surface area contributed by atoms with Gasteiger partial charge in [0.05, 0.1) is 6.04 Å². The summed E-state index contributed by atoms with van der Waals surface area (Å²) in [5.74, 6) is 0.195. The molecule has 3 rings (SSSR count). The number of anilines is 1. The monoisotopic (exact) mass is 452 g/mol. The molecule has 2 aromatic carbocycles. The smallest absolute Gasteiger partial charge is 0.270 e. The molecule has 3 aromatic rings. The largest absolute Gasteiger partial charge is 0.492 e. The van der Waals surface area contributed by atoms with Crippen molar-refractivity contribution in [3.63, 3.8) is 0 Å². The Hall–Kier alpha value is -2.53. The average molecular weight is 453 g/mol. The number of sulfonamides is 1. The summed E-state index contributed by atoms with van der Waals surface area (Å²) in [7, 11) is -3.90. The zero-order valence-electron chi connectivity index (χ0n) is 15.2. The van der Waals surface area contributed by atoms with Crippen LogP contribution in [0.1, 0.15) is 17.3 Å². The fourth-order valence-electron chi connectivity index (χ4n) is 2.23. The molecule has 1 aromatic heterocycles. The standard InChI is InChI=1S/C18H17ClN4O4S2/c1-12(11-27-15-5-3-2-4-6-15)23-29(25,26)18-22-21-17(28-18)20-16(24)13-7-9-14(19)10-8-13/h2-10,12,23H,11H2,1H3,(H,20,21,24)/t12-/m0/s1. The highest BCUT2D eigenvalue weighted by atomic mass is 35.5. The van der Waals surface area contributed by atoms with E-state index in [0.717, 1.165) is 11.3 Å². The zero-order chi connectivity index (χ0) is 20.9. The summed E-state index contributed by atoms with van der Waals surface area (Å²) in [4.78, 5) is 12.2. The van der Waals surface area contributed by atoms with E-state index >= 15 is 0 Å². The van der Waals surface area contributed by atoms with Gasteiger partial charge < -0.3 is 4.74 Å². The van der Waals surface area contributed by atoms with Crippen LogP contribution >= 0.6 is 22.9 Å². The molecule has 0 aliphatic rings. The molecule has 0 bridgehead atoms. The van der Waals surface area contributed by atoms with Crippen LogP contribution in [-0.2, 0) is 10.0 Å². The van der Waals surface area contributed by atoms with Gasteiger partial charge in [-0.3, -0.25) is 10.1 Å². The lowest BCUT2D eigenvalue weighted by Crippen LogP contribution is -2.36. The molecular weight excluding hydrogens is 436 g/mol. The average Bonchev–Trinajstić information content (AvgIpc) is 3.17. The molecule has 1 atom stereocenters. The van der Waals surface area contributed by atoms with E-state index in [4.69, 9.17) is 16.3 Å². The number of carbonyl (C=O) groups excluding carboxylic acids is 1. The minimum atomic E-state index is -3.90. The van der Waals surface area contributed by atoms with Crippen LogP contribution in [0.4, 0.5) is 5.13 Å². The third-order valence-corrected chi connectivity index (χ3v) is 6.61. The van der Waals surface area contributed by atoms with E-state index in [2.05, 4.69) is 20.2 Å². The Kier molecular flexibility index (Phi) is 6.80. The molecule has 11 heteroatoms. The lowest BCUT2D eigenvalue weighted by Gasteiger charge is -2.13. The van der Waals surface area contributed by atoms with Gasteiger partial charge in [-0.25, -0.2) is 13.1 Å². The fraction of sp³-hybridized carbons (Fsp3) is 0.167. The van der Waals surface area contributed by atoms with Crippen molar-refractivity contribution in [2.24, 2.45) is 0 Å². The van der Waals surface area contributed by atoms with Gasteiger partial charge in [0.1, 0.15) is 12.4 Å². The molecule has 152 valence electrons. The Balaban J connectivity index is 1.59. The summed E-state index contributed by atoms with van der Waals surface area (Å²) >= 11 is 6.55. The number of para-hydroxylation sites is 1. The number of halogens is 1. The highest BCUT2D eigenvalue weighted by Crippen LogP contribution is 2.21. The van der Waals surface area contributed by atoms with Crippen molar-refractivity contribution in [1.29, 1.82) is 0 Å². The summed E-state index contributed by atoms with van der Waals surface area (Å²) in [5, 5.41) is 10.5. The summed E-state index contributed by atoms with van der Waals surface area (Å²) in [6.07, 6.45) is 0. The van der Waals surface area contributed by atoms with E-state index in [1.54, 1.807) is 43.3 Å². The lowest BCUT2D eigenvalue weighted by molar-refractivity contribution is 0.102. The second-order valence-electron chi connectivity index (χ2n) is 5.98. The molecule has 0 aliphatic heterocycles. The molecule has 0 radical (unpaired) electrons. The van der Waals surface area contributed by atoms with Crippen molar-refractivity contribution in [2.45, 2.75) is 17.3 Å². The Labute approximate surface area is 176 Å². The van der Waals surface area contributed by atoms with Crippen LogP contribution in [0, 0.1) is 0 Å². The second-order valence-corrected chi connectivity index (χ2v) is 9.28. The van der Waals surface area contributed by atoms with Gasteiger partial charge in [0.2, 0.25) is 9.47 Å². The van der Waals surface area contributed by atoms with Gasteiger partial charge >= 0.3 is 0 Å². The molecule has 0 saturated carbocycles. The SMILES string of the molecule is C[C@@H](COc1ccccc1)NS(=O)(=O)c1nnc(NC(=O)c2ccc(Cl)cc2)s1. The van der Waals surface area contributed by atoms with E-state index in [1.807, 2.05) is 18.2 Å². The normalized spacial score (nSPS) is 12.3. The predicted molar refractivity (Wildman–Crippen MR) is 111 cm³/mol. The van der Waals surface area contributed by atoms with Crippen LogP contribution in [0.15, 0.2) is 58.9 Å². The van der Waals surface area contributed by atoms with Crippen molar-refractivity contribution in [3.8, 4) is 5.75 Å². The Morgan fingerprint density at radius 1 is 1.14 bits per heavy atom. The van der Waals surface area contributed by atoms with Crippen LogP contribution in [-0.4, -0.2) is 37.2 Å². The summed E-state index contributed by atoms with van der Waals surface area (Å²) in [6, 6.07) is 14.8. The van der Waals surface area contributed by atoms with E-state index in [1.165, 1.54) is 0 Å². The maximum atomic E-state index is 12.5. The van der Waals surface area contributed by atoms with Crippen LogP contribution < -0.4 is 14.8 Å². The third-order valence-electron chi connectivity index (χ3n) is 3.56. The number of rotatable bonds is 8. The molecule has 0 saturated heterocycles. The van der Waals surface area contributed by atoms with Gasteiger partial charge in [0, 0.05) is 10.6 Å².